The first-order chi connectivity index (χ1) is 14.9. The number of hydrogen-bond donors (Lipinski definition) is 1. The first kappa shape index (κ1) is 21.1. The Balaban J connectivity index is 1.36. The highest BCUT2D eigenvalue weighted by atomic mass is 35.5. The van der Waals surface area contributed by atoms with E-state index < -0.39 is 0 Å². The largest absolute Gasteiger partial charge is 0.350 e. The van der Waals surface area contributed by atoms with Crippen LogP contribution in [0.2, 0.25) is 5.02 Å². The fraction of sp³-hybridized carbons (Fsp3) is 0.304. The molecule has 0 radical (unpaired) electrons. The number of carbonyl (C=O) groups is 2. The third kappa shape index (κ3) is 4.77. The highest BCUT2D eigenvalue weighted by Crippen LogP contribution is 2.21. The Morgan fingerprint density at radius 2 is 2.00 bits per heavy atom. The summed E-state index contributed by atoms with van der Waals surface area (Å²) in [5, 5.41) is 11.6. The van der Waals surface area contributed by atoms with Crippen molar-refractivity contribution < 1.29 is 9.59 Å². The molecule has 31 heavy (non-hydrogen) atoms. The maximum atomic E-state index is 12.7. The molecule has 3 aromatic rings. The number of carbonyl (C=O) groups excluding carboxylic acids is 2. The van der Waals surface area contributed by atoms with Crippen LogP contribution in [0.3, 0.4) is 0 Å². The smallest absolute Gasteiger partial charge is 0.273 e. The number of aryl methyl sites for hydroxylation is 1. The Morgan fingerprint density at radius 1 is 1.19 bits per heavy atom. The minimum Gasteiger partial charge on any atom is -0.350 e. The van der Waals surface area contributed by atoms with E-state index in [0.717, 1.165) is 11.3 Å². The number of benzene rings is 2. The van der Waals surface area contributed by atoms with E-state index in [1.165, 1.54) is 5.56 Å². The first-order valence-electron chi connectivity index (χ1n) is 10.2. The van der Waals surface area contributed by atoms with Gasteiger partial charge in [-0.2, -0.15) is 0 Å². The molecule has 1 unspecified atom stereocenters. The maximum absolute atomic E-state index is 12.7. The Bertz CT molecular complexity index is 1130. The summed E-state index contributed by atoms with van der Waals surface area (Å²) in [5.74, 6) is -0.108. The summed E-state index contributed by atoms with van der Waals surface area (Å²) in [6.45, 7) is 5.47. The number of nitrogens with zero attached hydrogens (tertiary/aromatic N) is 4. The van der Waals surface area contributed by atoms with Crippen molar-refractivity contribution in [2.45, 2.75) is 26.8 Å². The van der Waals surface area contributed by atoms with Gasteiger partial charge in [0.25, 0.3) is 5.91 Å². The van der Waals surface area contributed by atoms with Crippen LogP contribution in [0.25, 0.3) is 5.69 Å². The zero-order chi connectivity index (χ0) is 22.0. The summed E-state index contributed by atoms with van der Waals surface area (Å²) < 4.78 is 1.59. The number of halogens is 1. The molecule has 0 saturated carbocycles. The molecule has 7 nitrogen and oxygen atoms in total. The Hall–Kier alpha value is -3.19. The van der Waals surface area contributed by atoms with Crippen LogP contribution in [-0.4, -0.2) is 44.8 Å². The van der Waals surface area contributed by atoms with Gasteiger partial charge in [-0.05, 0) is 37.6 Å². The van der Waals surface area contributed by atoms with E-state index in [1.54, 1.807) is 23.7 Å². The fourth-order valence-corrected chi connectivity index (χ4v) is 4.07. The Labute approximate surface area is 186 Å². The van der Waals surface area contributed by atoms with Crippen molar-refractivity contribution >= 4 is 23.4 Å². The molecule has 2 heterocycles. The Kier molecular flexibility index (Phi) is 6.04. The van der Waals surface area contributed by atoms with Gasteiger partial charge < -0.3 is 10.2 Å². The minimum atomic E-state index is -0.296. The van der Waals surface area contributed by atoms with Gasteiger partial charge in [0.05, 0.1) is 11.4 Å². The Morgan fingerprint density at radius 3 is 2.77 bits per heavy atom. The maximum Gasteiger partial charge on any atom is 0.273 e. The number of likely N-dealkylation sites (tertiary alicyclic amines) is 1. The zero-order valence-electron chi connectivity index (χ0n) is 17.5. The SMILES string of the molecule is Cc1cccc(CN2CC(CNC(=O)c3nnn(-c4cccc(Cl)c4)c3C)CC2=O)c1. The lowest BCUT2D eigenvalue weighted by molar-refractivity contribution is -0.128. The van der Waals surface area contributed by atoms with E-state index in [-0.39, 0.29) is 23.4 Å². The summed E-state index contributed by atoms with van der Waals surface area (Å²) >= 11 is 6.05. The second-order valence-electron chi connectivity index (χ2n) is 7.96. The summed E-state index contributed by atoms with van der Waals surface area (Å²) in [6.07, 6.45) is 0.431. The number of nitrogens with one attached hydrogen (secondary N) is 1. The molecule has 1 atom stereocenters. The molecule has 8 heteroatoms. The highest BCUT2D eigenvalue weighted by molar-refractivity contribution is 6.30. The molecule has 0 spiro atoms. The standard InChI is InChI=1S/C23H24ClN5O2/c1-15-5-3-6-17(9-15)13-28-14-18(10-21(28)30)12-25-23(31)22-16(2)29(27-26-22)20-8-4-7-19(24)11-20/h3-9,11,18H,10,12-14H2,1-2H3,(H,25,31). The van der Waals surface area contributed by atoms with Gasteiger partial charge in [0.1, 0.15) is 0 Å². The number of aromatic nitrogens is 3. The van der Waals surface area contributed by atoms with Gasteiger partial charge in [-0.3, -0.25) is 9.59 Å². The summed E-state index contributed by atoms with van der Waals surface area (Å²) in [7, 11) is 0. The predicted octanol–water partition coefficient (Wildman–Crippen LogP) is 3.32. The summed E-state index contributed by atoms with van der Waals surface area (Å²) in [4.78, 5) is 26.9. The first-order valence-corrected chi connectivity index (χ1v) is 10.6. The molecule has 1 aliphatic heterocycles. The highest BCUT2D eigenvalue weighted by Gasteiger charge is 2.30. The molecule has 160 valence electrons. The molecule has 1 fully saturated rings. The van der Waals surface area contributed by atoms with Crippen molar-refractivity contribution in [3.63, 3.8) is 0 Å². The second-order valence-corrected chi connectivity index (χ2v) is 8.40. The van der Waals surface area contributed by atoms with Gasteiger partial charge in [-0.25, -0.2) is 4.68 Å². The van der Waals surface area contributed by atoms with E-state index in [2.05, 4.69) is 21.7 Å². The summed E-state index contributed by atoms with van der Waals surface area (Å²) in [5.41, 5.74) is 3.93. The number of amides is 2. The van der Waals surface area contributed by atoms with Crippen molar-refractivity contribution in [2.75, 3.05) is 13.1 Å². The van der Waals surface area contributed by atoms with Crippen molar-refractivity contribution in [1.29, 1.82) is 0 Å². The van der Waals surface area contributed by atoms with Crippen molar-refractivity contribution in [1.82, 2.24) is 25.2 Å². The van der Waals surface area contributed by atoms with Crippen LogP contribution in [-0.2, 0) is 11.3 Å². The van der Waals surface area contributed by atoms with E-state index in [1.807, 2.05) is 42.2 Å². The van der Waals surface area contributed by atoms with Gasteiger partial charge in [-0.15, -0.1) is 5.10 Å². The molecule has 1 aliphatic rings. The van der Waals surface area contributed by atoms with Crippen LogP contribution in [0.4, 0.5) is 0 Å². The molecule has 2 aromatic carbocycles. The average molecular weight is 438 g/mol. The van der Waals surface area contributed by atoms with Crippen LogP contribution in [0.15, 0.2) is 48.5 Å². The lowest BCUT2D eigenvalue weighted by Gasteiger charge is -2.17. The zero-order valence-corrected chi connectivity index (χ0v) is 18.3. The monoisotopic (exact) mass is 437 g/mol. The van der Waals surface area contributed by atoms with Gasteiger partial charge in [0.15, 0.2) is 5.69 Å². The van der Waals surface area contributed by atoms with Crippen LogP contribution < -0.4 is 5.32 Å². The quantitative estimate of drug-likeness (QED) is 0.641. The van der Waals surface area contributed by atoms with Gasteiger partial charge >= 0.3 is 0 Å². The van der Waals surface area contributed by atoms with E-state index in [9.17, 15) is 9.59 Å². The molecule has 0 aliphatic carbocycles. The van der Waals surface area contributed by atoms with Gasteiger partial charge in [0.2, 0.25) is 5.91 Å². The van der Waals surface area contributed by atoms with Gasteiger partial charge in [0, 0.05) is 37.0 Å². The van der Waals surface area contributed by atoms with Crippen LogP contribution in [0.5, 0.6) is 0 Å². The third-order valence-electron chi connectivity index (χ3n) is 5.46. The lowest BCUT2D eigenvalue weighted by atomic mass is 10.1. The number of rotatable bonds is 6. The van der Waals surface area contributed by atoms with Crippen molar-refractivity contribution in [3.8, 4) is 5.69 Å². The molecular weight excluding hydrogens is 414 g/mol. The minimum absolute atomic E-state index is 0.0736. The second kappa shape index (κ2) is 8.89. The van der Waals surface area contributed by atoms with Crippen LogP contribution >= 0.6 is 11.6 Å². The fourth-order valence-electron chi connectivity index (χ4n) is 3.89. The molecular formula is C23H24ClN5O2. The average Bonchev–Trinajstić information content (AvgIpc) is 3.28. The predicted molar refractivity (Wildman–Crippen MR) is 118 cm³/mol. The van der Waals surface area contributed by atoms with Crippen molar-refractivity contribution in [3.05, 3.63) is 76.1 Å². The van der Waals surface area contributed by atoms with Crippen LogP contribution in [0, 0.1) is 19.8 Å². The summed E-state index contributed by atoms with van der Waals surface area (Å²) in [6, 6.07) is 15.4. The molecule has 1 saturated heterocycles. The normalized spacial score (nSPS) is 16.0. The molecule has 1 aromatic heterocycles. The van der Waals surface area contributed by atoms with E-state index in [0.29, 0.717) is 36.8 Å². The van der Waals surface area contributed by atoms with E-state index in [4.69, 9.17) is 11.6 Å². The molecule has 1 N–H and O–H groups in total. The topological polar surface area (TPSA) is 80.1 Å². The third-order valence-corrected chi connectivity index (χ3v) is 5.70. The molecule has 0 bridgehead atoms. The molecule has 4 rings (SSSR count). The number of hydrogen-bond acceptors (Lipinski definition) is 4. The lowest BCUT2D eigenvalue weighted by Crippen LogP contribution is -2.31. The van der Waals surface area contributed by atoms with Crippen LogP contribution in [0.1, 0.15) is 33.7 Å². The van der Waals surface area contributed by atoms with Gasteiger partial charge in [-0.1, -0.05) is 52.7 Å². The molecule has 2 amide bonds. The van der Waals surface area contributed by atoms with Crippen molar-refractivity contribution in [2.24, 2.45) is 5.92 Å². The van der Waals surface area contributed by atoms with E-state index >= 15 is 0 Å².